The maximum absolute atomic E-state index is 13.2. The van der Waals surface area contributed by atoms with Gasteiger partial charge in [-0.15, -0.1) is 0 Å². The molecule has 4 heteroatoms. The molecule has 1 N–H and O–H groups in total. The number of hydrogen-bond donors (Lipinski definition) is 1. The molecule has 0 heterocycles. The second-order valence-electron chi connectivity index (χ2n) is 7.56. The van der Waals surface area contributed by atoms with E-state index in [1.165, 1.54) is 0 Å². The highest BCUT2D eigenvalue weighted by Gasteiger charge is 2.38. The van der Waals surface area contributed by atoms with Crippen molar-refractivity contribution >= 4 is 12.6 Å². The zero-order valence-corrected chi connectivity index (χ0v) is 17.7. The van der Waals surface area contributed by atoms with Gasteiger partial charge in [0.25, 0.3) is 5.91 Å². The molecule has 0 spiro atoms. The van der Waals surface area contributed by atoms with Crippen LogP contribution in [0.4, 0.5) is 0 Å². The van der Waals surface area contributed by atoms with Gasteiger partial charge >= 0.3 is 0 Å². The predicted molar refractivity (Wildman–Crippen MR) is 117 cm³/mol. The number of nitrogens with zero attached hydrogens (tertiary/aromatic N) is 2. The van der Waals surface area contributed by atoms with Crippen LogP contribution in [-0.4, -0.2) is 36.7 Å². The minimum Gasteiger partial charge on any atom is -0.365 e. The summed E-state index contributed by atoms with van der Waals surface area (Å²) in [5, 5.41) is 3.49. The van der Waals surface area contributed by atoms with Crippen molar-refractivity contribution in [3.63, 3.8) is 0 Å². The van der Waals surface area contributed by atoms with Gasteiger partial charge in [-0.1, -0.05) is 43.9 Å². The van der Waals surface area contributed by atoms with Gasteiger partial charge in [-0.05, 0) is 58.7 Å². The lowest BCUT2D eigenvalue weighted by atomic mass is 9.97. The van der Waals surface area contributed by atoms with Crippen LogP contribution in [0.15, 0.2) is 64.5 Å². The molecular formula is C23H35N3O. The van der Waals surface area contributed by atoms with Gasteiger partial charge < -0.3 is 10.2 Å². The molecule has 0 aromatic carbocycles. The number of aliphatic imine (C=N–C) groups is 1. The average molecular weight is 370 g/mol. The van der Waals surface area contributed by atoms with E-state index in [9.17, 15) is 4.79 Å². The Morgan fingerprint density at radius 2 is 1.93 bits per heavy atom. The summed E-state index contributed by atoms with van der Waals surface area (Å²) in [5.74, 6) is 0.742. The van der Waals surface area contributed by atoms with E-state index in [1.54, 1.807) is 17.1 Å². The molecule has 1 rings (SSSR count). The molecule has 1 aliphatic carbocycles. The number of hydrogen-bond acceptors (Lipinski definition) is 3. The van der Waals surface area contributed by atoms with Gasteiger partial charge in [-0.2, -0.15) is 0 Å². The van der Waals surface area contributed by atoms with E-state index in [1.807, 2.05) is 27.0 Å². The standard InChI is InChI=1S/C23H35N3O/c1-9-12-18(10-2)13-16-26(8)22(27)20(17(4)5)19(11-3)21(24-7)25-23(6)14-15-23/h9-10,12,25H,1-2,7,11,13-16H2,3-6,8H3/b18-12+,21-19-. The Kier molecular flexibility index (Phi) is 8.48. The Morgan fingerprint density at radius 1 is 1.30 bits per heavy atom. The molecule has 0 aliphatic heterocycles. The Balaban J connectivity index is 3.11. The first-order chi connectivity index (χ1) is 12.7. The third kappa shape index (κ3) is 6.38. The molecular weight excluding hydrogens is 334 g/mol. The maximum Gasteiger partial charge on any atom is 0.253 e. The smallest absolute Gasteiger partial charge is 0.253 e. The van der Waals surface area contributed by atoms with Crippen molar-refractivity contribution in [2.75, 3.05) is 13.6 Å². The highest BCUT2D eigenvalue weighted by atomic mass is 16.2. The third-order valence-electron chi connectivity index (χ3n) is 4.91. The molecule has 0 unspecified atom stereocenters. The number of amides is 1. The van der Waals surface area contributed by atoms with Gasteiger partial charge in [-0.3, -0.25) is 4.79 Å². The number of nitrogens with one attached hydrogen (secondary N) is 1. The molecule has 0 bridgehead atoms. The lowest BCUT2D eigenvalue weighted by molar-refractivity contribution is -0.125. The fourth-order valence-electron chi connectivity index (χ4n) is 2.91. The first kappa shape index (κ1) is 22.7. The molecule has 4 nitrogen and oxygen atoms in total. The van der Waals surface area contributed by atoms with Crippen LogP contribution in [0, 0.1) is 0 Å². The van der Waals surface area contributed by atoms with Crippen LogP contribution < -0.4 is 5.32 Å². The van der Waals surface area contributed by atoms with E-state index in [0.29, 0.717) is 13.0 Å². The lowest BCUT2D eigenvalue weighted by Gasteiger charge is -2.24. The van der Waals surface area contributed by atoms with Gasteiger partial charge in [0.05, 0.1) is 0 Å². The zero-order valence-electron chi connectivity index (χ0n) is 17.7. The van der Waals surface area contributed by atoms with Crippen LogP contribution in [0.5, 0.6) is 0 Å². The molecule has 0 aromatic rings. The van der Waals surface area contributed by atoms with Gasteiger partial charge in [0, 0.05) is 30.3 Å². The van der Waals surface area contributed by atoms with Gasteiger partial charge in [0.15, 0.2) is 0 Å². The SMILES string of the molecule is C=C/C=C(\C=C)CCN(C)C(=O)C(=C(C)C)/C(CC)=C(/N=C)NC1(C)CC1. The van der Waals surface area contributed by atoms with Crippen LogP contribution in [0.25, 0.3) is 0 Å². The molecule has 1 saturated carbocycles. The largest absolute Gasteiger partial charge is 0.365 e. The minimum absolute atomic E-state index is 0.0118. The van der Waals surface area contributed by atoms with Crippen molar-refractivity contribution in [2.45, 2.75) is 58.9 Å². The van der Waals surface area contributed by atoms with E-state index in [4.69, 9.17) is 0 Å². The molecule has 0 aromatic heterocycles. The summed E-state index contributed by atoms with van der Waals surface area (Å²) in [6.45, 7) is 20.1. The molecule has 1 fully saturated rings. The fraction of sp³-hybridized carbons (Fsp3) is 0.478. The quantitative estimate of drug-likeness (QED) is 0.319. The highest BCUT2D eigenvalue weighted by Crippen LogP contribution is 2.36. The molecule has 0 radical (unpaired) electrons. The molecule has 1 amide bonds. The fourth-order valence-corrected chi connectivity index (χ4v) is 2.91. The number of carbonyl (C=O) groups is 1. The second kappa shape index (κ2) is 10.1. The predicted octanol–water partition coefficient (Wildman–Crippen LogP) is 4.93. The van der Waals surface area contributed by atoms with Crippen molar-refractivity contribution < 1.29 is 4.79 Å². The Labute approximate surface area is 165 Å². The van der Waals surface area contributed by atoms with Crippen molar-refractivity contribution in [1.82, 2.24) is 10.2 Å². The molecule has 1 aliphatic rings. The molecule has 148 valence electrons. The summed E-state index contributed by atoms with van der Waals surface area (Å²) < 4.78 is 0. The van der Waals surface area contributed by atoms with E-state index >= 15 is 0 Å². The van der Waals surface area contributed by atoms with Gasteiger partial charge in [0.1, 0.15) is 5.82 Å². The lowest BCUT2D eigenvalue weighted by Crippen LogP contribution is -2.32. The van der Waals surface area contributed by atoms with E-state index in [2.05, 4.69) is 44.0 Å². The van der Waals surface area contributed by atoms with Crippen molar-refractivity contribution in [1.29, 1.82) is 0 Å². The molecule has 0 atom stereocenters. The highest BCUT2D eigenvalue weighted by molar-refractivity contribution is 5.98. The zero-order chi connectivity index (χ0) is 20.6. The van der Waals surface area contributed by atoms with Crippen LogP contribution >= 0.6 is 0 Å². The van der Waals surface area contributed by atoms with Crippen LogP contribution in [0.3, 0.4) is 0 Å². The van der Waals surface area contributed by atoms with Crippen LogP contribution in [0.1, 0.15) is 53.4 Å². The van der Waals surface area contributed by atoms with Crippen molar-refractivity contribution in [3.05, 3.63) is 59.5 Å². The minimum atomic E-state index is 0.0118. The topological polar surface area (TPSA) is 44.7 Å². The summed E-state index contributed by atoms with van der Waals surface area (Å²) in [4.78, 5) is 19.2. The first-order valence-electron chi connectivity index (χ1n) is 9.58. The monoisotopic (exact) mass is 369 g/mol. The number of likely N-dealkylation sites (N-methyl/N-ethyl adjacent to an activating group) is 1. The van der Waals surface area contributed by atoms with E-state index < -0.39 is 0 Å². The number of carbonyl (C=O) groups excluding carboxylic acids is 1. The number of allylic oxidation sites excluding steroid dienone is 4. The van der Waals surface area contributed by atoms with Crippen LogP contribution in [0.2, 0.25) is 0 Å². The normalized spacial score (nSPS) is 16.0. The summed E-state index contributed by atoms with van der Waals surface area (Å²) in [5.41, 5.74) is 3.78. The van der Waals surface area contributed by atoms with E-state index in [-0.39, 0.29) is 11.4 Å². The van der Waals surface area contributed by atoms with Crippen molar-refractivity contribution in [2.24, 2.45) is 4.99 Å². The summed E-state index contributed by atoms with van der Waals surface area (Å²) >= 11 is 0. The first-order valence-corrected chi connectivity index (χ1v) is 9.58. The average Bonchev–Trinajstić information content (AvgIpc) is 3.37. The summed E-state index contributed by atoms with van der Waals surface area (Å²) in [6.07, 6.45) is 9.14. The molecule has 0 saturated heterocycles. The Bertz CT molecular complexity index is 686. The van der Waals surface area contributed by atoms with E-state index in [0.717, 1.165) is 47.4 Å². The third-order valence-corrected chi connectivity index (χ3v) is 4.91. The number of rotatable bonds is 11. The van der Waals surface area contributed by atoms with Gasteiger partial charge in [-0.25, -0.2) is 4.99 Å². The van der Waals surface area contributed by atoms with Gasteiger partial charge in [0.2, 0.25) is 0 Å². The molecule has 27 heavy (non-hydrogen) atoms. The Hall–Kier alpha value is -2.36. The Morgan fingerprint density at radius 3 is 2.33 bits per heavy atom. The van der Waals surface area contributed by atoms with Crippen molar-refractivity contribution in [3.8, 4) is 0 Å². The summed E-state index contributed by atoms with van der Waals surface area (Å²) in [7, 11) is 1.84. The maximum atomic E-state index is 13.2. The summed E-state index contributed by atoms with van der Waals surface area (Å²) in [6, 6.07) is 0. The van der Waals surface area contributed by atoms with Crippen LogP contribution in [-0.2, 0) is 4.79 Å². The second-order valence-corrected chi connectivity index (χ2v) is 7.56.